The van der Waals surface area contributed by atoms with Crippen molar-refractivity contribution >= 4 is 23.2 Å². The Balaban J connectivity index is 1.89. The van der Waals surface area contributed by atoms with Crippen LogP contribution in [-0.4, -0.2) is 29.6 Å². The summed E-state index contributed by atoms with van der Waals surface area (Å²) in [5.74, 6) is 0. The maximum Gasteiger partial charge on any atom is 0.0923 e. The molecular formula is C23H29Cl2NO. The summed E-state index contributed by atoms with van der Waals surface area (Å²) >= 11 is 12.6. The SMILES string of the molecule is CCCCN(CCCC)C[C@H](O)c1cc(Cl)cc2c1-c1ccc(Cl)cc1C2. The Labute approximate surface area is 173 Å². The number of halogens is 2. The van der Waals surface area contributed by atoms with Crippen molar-refractivity contribution in [1.82, 2.24) is 4.90 Å². The topological polar surface area (TPSA) is 23.5 Å². The van der Waals surface area contributed by atoms with E-state index in [-0.39, 0.29) is 0 Å². The fourth-order valence-corrected chi connectivity index (χ4v) is 4.42. The van der Waals surface area contributed by atoms with E-state index in [0.717, 1.165) is 48.5 Å². The van der Waals surface area contributed by atoms with Gasteiger partial charge in [0.25, 0.3) is 0 Å². The van der Waals surface area contributed by atoms with Gasteiger partial charge in [0.05, 0.1) is 6.10 Å². The first-order valence-corrected chi connectivity index (χ1v) is 10.8. The minimum absolute atomic E-state index is 0.548. The normalized spacial score (nSPS) is 13.7. The lowest BCUT2D eigenvalue weighted by Gasteiger charge is -2.26. The van der Waals surface area contributed by atoms with Gasteiger partial charge >= 0.3 is 0 Å². The van der Waals surface area contributed by atoms with Crippen LogP contribution in [0.15, 0.2) is 30.3 Å². The molecule has 1 atom stereocenters. The van der Waals surface area contributed by atoms with Gasteiger partial charge in [-0.05, 0) is 84.4 Å². The average Bonchev–Trinajstić information content (AvgIpc) is 2.99. The maximum atomic E-state index is 11.1. The second kappa shape index (κ2) is 9.43. The van der Waals surface area contributed by atoms with Crippen LogP contribution in [-0.2, 0) is 6.42 Å². The standard InChI is InChI=1S/C23H29Cl2NO/c1-3-5-9-26(10-6-4-2)15-22(27)21-14-19(25)13-17-11-16-12-18(24)7-8-20(16)23(17)21/h7-8,12-14,22,27H,3-6,9-11,15H2,1-2H3/t22-/m0/s1. The van der Waals surface area contributed by atoms with E-state index < -0.39 is 6.10 Å². The molecule has 3 rings (SSSR count). The molecule has 0 aliphatic heterocycles. The molecule has 1 N–H and O–H groups in total. The molecule has 2 aromatic rings. The Bertz CT molecular complexity index is 782. The summed E-state index contributed by atoms with van der Waals surface area (Å²) in [4.78, 5) is 2.39. The van der Waals surface area contributed by atoms with E-state index >= 15 is 0 Å². The van der Waals surface area contributed by atoms with Crippen LogP contribution in [0, 0.1) is 0 Å². The summed E-state index contributed by atoms with van der Waals surface area (Å²) < 4.78 is 0. The number of unbranched alkanes of at least 4 members (excludes halogenated alkanes) is 2. The Morgan fingerprint density at radius 2 is 1.63 bits per heavy atom. The molecule has 1 aliphatic rings. The van der Waals surface area contributed by atoms with E-state index in [0.29, 0.717) is 11.6 Å². The molecule has 0 fully saturated rings. The smallest absolute Gasteiger partial charge is 0.0923 e. The number of fused-ring (bicyclic) bond motifs is 3. The van der Waals surface area contributed by atoms with Crippen LogP contribution in [0.25, 0.3) is 11.1 Å². The average molecular weight is 406 g/mol. The molecule has 0 amide bonds. The van der Waals surface area contributed by atoms with Crippen molar-refractivity contribution in [1.29, 1.82) is 0 Å². The van der Waals surface area contributed by atoms with Crippen LogP contribution >= 0.6 is 23.2 Å². The molecule has 0 aromatic heterocycles. The van der Waals surface area contributed by atoms with Crippen molar-refractivity contribution < 1.29 is 5.11 Å². The molecule has 2 nitrogen and oxygen atoms in total. The van der Waals surface area contributed by atoms with Crippen molar-refractivity contribution in [3.8, 4) is 11.1 Å². The number of nitrogens with zero attached hydrogens (tertiary/aromatic N) is 1. The van der Waals surface area contributed by atoms with Crippen molar-refractivity contribution in [2.75, 3.05) is 19.6 Å². The van der Waals surface area contributed by atoms with Gasteiger partial charge in [-0.2, -0.15) is 0 Å². The van der Waals surface area contributed by atoms with E-state index in [1.807, 2.05) is 24.3 Å². The molecule has 0 bridgehead atoms. The van der Waals surface area contributed by atoms with E-state index in [1.54, 1.807) is 0 Å². The first kappa shape index (κ1) is 20.7. The van der Waals surface area contributed by atoms with Crippen molar-refractivity contribution in [3.63, 3.8) is 0 Å². The molecule has 0 saturated carbocycles. The number of aliphatic hydroxyl groups excluding tert-OH is 1. The summed E-state index contributed by atoms with van der Waals surface area (Å²) in [6, 6.07) is 9.98. The van der Waals surface area contributed by atoms with Crippen LogP contribution in [0.1, 0.15) is 62.3 Å². The van der Waals surface area contributed by atoms with Gasteiger partial charge in [-0.1, -0.05) is 56.0 Å². The summed E-state index contributed by atoms with van der Waals surface area (Å²) in [5, 5.41) is 12.6. The Morgan fingerprint density at radius 1 is 0.963 bits per heavy atom. The van der Waals surface area contributed by atoms with E-state index in [9.17, 15) is 5.11 Å². The minimum atomic E-state index is -0.548. The van der Waals surface area contributed by atoms with Crippen molar-refractivity contribution in [3.05, 3.63) is 57.1 Å². The van der Waals surface area contributed by atoms with Crippen LogP contribution in [0.3, 0.4) is 0 Å². The Morgan fingerprint density at radius 3 is 2.30 bits per heavy atom. The maximum absolute atomic E-state index is 11.1. The third-order valence-corrected chi connectivity index (χ3v) is 5.83. The first-order chi connectivity index (χ1) is 13.0. The largest absolute Gasteiger partial charge is 0.387 e. The lowest BCUT2D eigenvalue weighted by Crippen LogP contribution is -2.31. The molecule has 0 spiro atoms. The highest BCUT2D eigenvalue weighted by atomic mass is 35.5. The molecule has 27 heavy (non-hydrogen) atoms. The lowest BCUT2D eigenvalue weighted by atomic mass is 9.95. The predicted octanol–water partition coefficient (Wildman–Crippen LogP) is 6.50. The summed E-state index contributed by atoms with van der Waals surface area (Å²) in [6.07, 6.45) is 4.92. The van der Waals surface area contributed by atoms with E-state index in [1.165, 1.54) is 29.5 Å². The molecule has 1 aliphatic carbocycles. The predicted molar refractivity (Wildman–Crippen MR) is 116 cm³/mol. The van der Waals surface area contributed by atoms with Crippen molar-refractivity contribution in [2.24, 2.45) is 0 Å². The Hall–Kier alpha value is -1.06. The van der Waals surface area contributed by atoms with Crippen molar-refractivity contribution in [2.45, 2.75) is 52.1 Å². The van der Waals surface area contributed by atoms with Gasteiger partial charge in [0.1, 0.15) is 0 Å². The van der Waals surface area contributed by atoms with Gasteiger partial charge in [-0.3, -0.25) is 0 Å². The zero-order valence-electron chi connectivity index (χ0n) is 16.3. The van der Waals surface area contributed by atoms with E-state index in [4.69, 9.17) is 23.2 Å². The lowest BCUT2D eigenvalue weighted by molar-refractivity contribution is 0.111. The third-order valence-electron chi connectivity index (χ3n) is 5.38. The summed E-state index contributed by atoms with van der Waals surface area (Å²) in [5.41, 5.74) is 5.65. The molecular weight excluding hydrogens is 377 g/mol. The molecule has 2 aromatic carbocycles. The fourth-order valence-electron chi connectivity index (χ4n) is 3.98. The molecule has 0 heterocycles. The van der Waals surface area contributed by atoms with Crippen LogP contribution in [0.5, 0.6) is 0 Å². The van der Waals surface area contributed by atoms with Gasteiger partial charge in [0, 0.05) is 16.6 Å². The highest BCUT2D eigenvalue weighted by molar-refractivity contribution is 6.31. The monoisotopic (exact) mass is 405 g/mol. The zero-order chi connectivity index (χ0) is 19.4. The highest BCUT2D eigenvalue weighted by Gasteiger charge is 2.26. The number of hydrogen-bond donors (Lipinski definition) is 1. The molecule has 0 radical (unpaired) electrons. The van der Waals surface area contributed by atoms with Gasteiger partial charge < -0.3 is 10.0 Å². The quantitative estimate of drug-likeness (QED) is 0.438. The van der Waals surface area contributed by atoms with Gasteiger partial charge in [0.2, 0.25) is 0 Å². The Kier molecular flexibility index (Phi) is 7.22. The molecule has 0 saturated heterocycles. The second-order valence-corrected chi connectivity index (χ2v) is 8.40. The molecule has 146 valence electrons. The van der Waals surface area contributed by atoms with Gasteiger partial charge in [-0.15, -0.1) is 0 Å². The van der Waals surface area contributed by atoms with Crippen LogP contribution in [0.4, 0.5) is 0 Å². The molecule has 4 heteroatoms. The minimum Gasteiger partial charge on any atom is -0.387 e. The summed E-state index contributed by atoms with van der Waals surface area (Å²) in [6.45, 7) is 7.13. The first-order valence-electron chi connectivity index (χ1n) is 10.0. The number of hydrogen-bond acceptors (Lipinski definition) is 2. The van der Waals surface area contributed by atoms with E-state index in [2.05, 4.69) is 24.8 Å². The van der Waals surface area contributed by atoms with Crippen LogP contribution in [0.2, 0.25) is 10.0 Å². The third kappa shape index (κ3) is 4.86. The number of aliphatic hydroxyl groups is 1. The van der Waals surface area contributed by atoms with Gasteiger partial charge in [0.15, 0.2) is 0 Å². The summed E-state index contributed by atoms with van der Waals surface area (Å²) in [7, 11) is 0. The number of benzene rings is 2. The zero-order valence-corrected chi connectivity index (χ0v) is 17.8. The second-order valence-electron chi connectivity index (χ2n) is 7.53. The fraction of sp³-hybridized carbons (Fsp3) is 0.478. The highest BCUT2D eigenvalue weighted by Crippen LogP contribution is 2.43. The van der Waals surface area contributed by atoms with Gasteiger partial charge in [-0.25, -0.2) is 0 Å². The van der Waals surface area contributed by atoms with Crippen LogP contribution < -0.4 is 0 Å². The number of rotatable bonds is 9. The molecule has 0 unspecified atom stereocenters.